The molecule has 0 aliphatic heterocycles. The summed E-state index contributed by atoms with van der Waals surface area (Å²) in [7, 11) is 1.56. The van der Waals surface area contributed by atoms with Crippen molar-refractivity contribution in [3.05, 3.63) is 88.6 Å². The van der Waals surface area contributed by atoms with Crippen LogP contribution in [0.1, 0.15) is 5.56 Å². The van der Waals surface area contributed by atoms with Crippen LogP contribution >= 0.6 is 0 Å². The van der Waals surface area contributed by atoms with Crippen LogP contribution in [-0.4, -0.2) is 19.7 Å². The van der Waals surface area contributed by atoms with E-state index in [-0.39, 0.29) is 18.1 Å². The molecule has 0 bridgehead atoms. The third-order valence-corrected chi connectivity index (χ3v) is 4.67. The van der Waals surface area contributed by atoms with Crippen LogP contribution in [0.2, 0.25) is 0 Å². The minimum absolute atomic E-state index is 0.164. The van der Waals surface area contributed by atoms with Crippen LogP contribution < -0.4 is 19.6 Å². The Balaban J connectivity index is 1.72. The molecule has 156 valence electrons. The maximum atomic E-state index is 13.2. The van der Waals surface area contributed by atoms with Gasteiger partial charge in [-0.3, -0.25) is 4.79 Å². The summed E-state index contributed by atoms with van der Waals surface area (Å²) in [6.45, 7) is 1.52. The molecule has 0 aliphatic rings. The second-order valence-corrected chi connectivity index (χ2v) is 6.89. The number of carbonyl (C=O) groups is 1. The smallest absolute Gasteiger partial charge is 0.349 e. The number of esters is 1. The van der Waals surface area contributed by atoms with Gasteiger partial charge in [0.2, 0.25) is 11.2 Å². The molecule has 1 aromatic heterocycles. The van der Waals surface area contributed by atoms with Crippen molar-refractivity contribution in [3.8, 4) is 28.6 Å². The maximum Gasteiger partial charge on any atom is 0.349 e. The van der Waals surface area contributed by atoms with E-state index in [9.17, 15) is 9.59 Å². The lowest BCUT2D eigenvalue weighted by Gasteiger charge is -2.12. The number of hydrogen-bond donors (Lipinski definition) is 0. The molecule has 0 atom stereocenters. The van der Waals surface area contributed by atoms with Crippen molar-refractivity contribution in [2.24, 2.45) is 0 Å². The van der Waals surface area contributed by atoms with Crippen LogP contribution in [0.15, 0.2) is 82.0 Å². The number of hydrogen-bond acceptors (Lipinski definition) is 6. The highest BCUT2D eigenvalue weighted by molar-refractivity contribution is 5.85. The molecule has 0 unspecified atom stereocenters. The highest BCUT2D eigenvalue weighted by atomic mass is 16.6. The number of para-hydroxylation sites is 1. The molecule has 1 heterocycles. The van der Waals surface area contributed by atoms with E-state index in [0.29, 0.717) is 28.0 Å². The number of carbonyl (C=O) groups excluding carboxylic acids is 1. The molecule has 31 heavy (non-hydrogen) atoms. The standard InChI is InChI=1S/C25H20O6/c1-16-8-13-21-20(14-16)23(27)25(24(30-21)17-9-11-18(28-2)12-10-17)31-22(26)15-29-19-6-4-3-5-7-19/h3-14H,15H2,1-2H3. The van der Waals surface area contributed by atoms with Gasteiger partial charge in [-0.05, 0) is 55.5 Å². The Labute approximate surface area is 178 Å². The van der Waals surface area contributed by atoms with Gasteiger partial charge in [-0.1, -0.05) is 29.8 Å². The van der Waals surface area contributed by atoms with Gasteiger partial charge in [-0.25, -0.2) is 4.79 Å². The summed E-state index contributed by atoms with van der Waals surface area (Å²) in [6, 6.07) is 21.1. The quantitative estimate of drug-likeness (QED) is 0.422. The molecule has 6 heteroatoms. The maximum absolute atomic E-state index is 13.2. The summed E-state index contributed by atoms with van der Waals surface area (Å²) in [5, 5.41) is 0.337. The average molecular weight is 416 g/mol. The van der Waals surface area contributed by atoms with Crippen molar-refractivity contribution in [2.75, 3.05) is 13.7 Å². The zero-order valence-electron chi connectivity index (χ0n) is 17.1. The van der Waals surface area contributed by atoms with Crippen molar-refractivity contribution in [2.45, 2.75) is 6.92 Å². The van der Waals surface area contributed by atoms with Crippen LogP contribution in [0.25, 0.3) is 22.3 Å². The highest BCUT2D eigenvalue weighted by Crippen LogP contribution is 2.32. The molecule has 6 nitrogen and oxygen atoms in total. The molecular formula is C25H20O6. The number of benzene rings is 3. The van der Waals surface area contributed by atoms with Crippen LogP contribution in [0, 0.1) is 6.92 Å². The van der Waals surface area contributed by atoms with Gasteiger partial charge in [0.15, 0.2) is 12.4 Å². The Morgan fingerprint density at radius 2 is 1.68 bits per heavy atom. The Hall–Kier alpha value is -4.06. The Morgan fingerprint density at radius 3 is 2.39 bits per heavy atom. The second-order valence-electron chi connectivity index (χ2n) is 6.89. The molecule has 3 aromatic carbocycles. The van der Waals surface area contributed by atoms with Crippen molar-refractivity contribution >= 4 is 16.9 Å². The number of aryl methyl sites for hydroxylation is 1. The number of fused-ring (bicyclic) bond motifs is 1. The molecule has 0 spiro atoms. The van der Waals surface area contributed by atoms with E-state index < -0.39 is 11.4 Å². The average Bonchev–Trinajstić information content (AvgIpc) is 2.80. The van der Waals surface area contributed by atoms with E-state index in [0.717, 1.165) is 5.56 Å². The lowest BCUT2D eigenvalue weighted by atomic mass is 10.1. The molecule has 0 saturated carbocycles. The van der Waals surface area contributed by atoms with Gasteiger partial charge in [-0.15, -0.1) is 0 Å². The fourth-order valence-corrected chi connectivity index (χ4v) is 3.12. The summed E-state index contributed by atoms with van der Waals surface area (Å²) < 4.78 is 22.1. The lowest BCUT2D eigenvalue weighted by molar-refractivity contribution is -0.136. The van der Waals surface area contributed by atoms with Crippen LogP contribution in [0.3, 0.4) is 0 Å². The van der Waals surface area contributed by atoms with E-state index in [4.69, 9.17) is 18.6 Å². The van der Waals surface area contributed by atoms with Gasteiger partial charge in [-0.2, -0.15) is 0 Å². The fraction of sp³-hybridized carbons (Fsp3) is 0.120. The molecule has 0 saturated heterocycles. The normalized spacial score (nSPS) is 10.6. The van der Waals surface area contributed by atoms with E-state index in [1.807, 2.05) is 19.1 Å². The zero-order valence-corrected chi connectivity index (χ0v) is 17.1. The van der Waals surface area contributed by atoms with Crippen LogP contribution in [0.5, 0.6) is 17.2 Å². The summed E-state index contributed by atoms with van der Waals surface area (Å²) in [5.74, 6) is 0.452. The Morgan fingerprint density at radius 1 is 0.935 bits per heavy atom. The Bertz CT molecular complexity index is 1270. The van der Waals surface area contributed by atoms with E-state index in [1.165, 1.54) is 0 Å². The van der Waals surface area contributed by atoms with Crippen molar-refractivity contribution in [3.63, 3.8) is 0 Å². The van der Waals surface area contributed by atoms with E-state index in [2.05, 4.69) is 0 Å². The molecule has 4 rings (SSSR count). The first-order valence-electron chi connectivity index (χ1n) is 9.65. The molecule has 0 N–H and O–H groups in total. The first-order chi connectivity index (χ1) is 15.0. The number of methoxy groups -OCH3 is 1. The topological polar surface area (TPSA) is 75.0 Å². The largest absolute Gasteiger partial charge is 0.497 e. The van der Waals surface area contributed by atoms with Gasteiger partial charge < -0.3 is 18.6 Å². The monoisotopic (exact) mass is 416 g/mol. The molecule has 0 radical (unpaired) electrons. The van der Waals surface area contributed by atoms with Crippen LogP contribution in [-0.2, 0) is 4.79 Å². The third-order valence-electron chi connectivity index (χ3n) is 4.67. The van der Waals surface area contributed by atoms with Crippen molar-refractivity contribution < 1.29 is 23.4 Å². The third kappa shape index (κ3) is 4.43. The zero-order chi connectivity index (χ0) is 21.8. The van der Waals surface area contributed by atoms with Gasteiger partial charge in [0, 0.05) is 5.56 Å². The minimum Gasteiger partial charge on any atom is -0.497 e. The molecule has 4 aromatic rings. The van der Waals surface area contributed by atoms with E-state index >= 15 is 0 Å². The van der Waals surface area contributed by atoms with E-state index in [1.54, 1.807) is 67.8 Å². The van der Waals surface area contributed by atoms with Gasteiger partial charge >= 0.3 is 5.97 Å². The minimum atomic E-state index is -0.710. The molecule has 0 aliphatic carbocycles. The predicted octanol–water partition coefficient (Wildman–Crippen LogP) is 4.76. The lowest BCUT2D eigenvalue weighted by Crippen LogP contribution is -2.21. The Kier molecular flexibility index (Phi) is 5.71. The summed E-state index contributed by atoms with van der Waals surface area (Å²) in [4.78, 5) is 25.7. The van der Waals surface area contributed by atoms with Crippen molar-refractivity contribution in [1.82, 2.24) is 0 Å². The summed E-state index contributed by atoms with van der Waals surface area (Å²) >= 11 is 0. The molecular weight excluding hydrogens is 396 g/mol. The summed E-state index contributed by atoms with van der Waals surface area (Å²) in [6.07, 6.45) is 0. The summed E-state index contributed by atoms with van der Waals surface area (Å²) in [5.41, 5.74) is 1.44. The number of ether oxygens (including phenoxy) is 3. The van der Waals surface area contributed by atoms with Gasteiger partial charge in [0.1, 0.15) is 17.1 Å². The van der Waals surface area contributed by atoms with Gasteiger partial charge in [0.05, 0.1) is 12.5 Å². The first kappa shape index (κ1) is 20.2. The highest BCUT2D eigenvalue weighted by Gasteiger charge is 2.21. The fourth-order valence-electron chi connectivity index (χ4n) is 3.12. The van der Waals surface area contributed by atoms with Crippen molar-refractivity contribution in [1.29, 1.82) is 0 Å². The van der Waals surface area contributed by atoms with Gasteiger partial charge in [0.25, 0.3) is 0 Å². The second kappa shape index (κ2) is 8.75. The SMILES string of the molecule is COc1ccc(-c2oc3ccc(C)cc3c(=O)c2OC(=O)COc2ccccc2)cc1. The first-order valence-corrected chi connectivity index (χ1v) is 9.65. The predicted molar refractivity (Wildman–Crippen MR) is 117 cm³/mol. The number of rotatable bonds is 6. The molecule has 0 fully saturated rings. The van der Waals surface area contributed by atoms with Crippen LogP contribution in [0.4, 0.5) is 0 Å². The molecule has 0 amide bonds.